The van der Waals surface area contributed by atoms with E-state index < -0.39 is 34.4 Å². The zero-order chi connectivity index (χ0) is 22.4. The molecule has 0 saturated carbocycles. The van der Waals surface area contributed by atoms with E-state index in [1.165, 1.54) is 25.7 Å². The Morgan fingerprint density at radius 1 is 0.536 bits per heavy atom. The Hall–Kier alpha value is 0.708. The van der Waals surface area contributed by atoms with Gasteiger partial charge in [0.05, 0.1) is 17.9 Å². The number of hydrogen-bond acceptors (Lipinski definition) is 4. The molecule has 0 atom stereocenters. The normalized spacial score (nSPS) is 17.1. The Labute approximate surface area is 183 Å². The maximum absolute atomic E-state index is 4.94. The van der Waals surface area contributed by atoms with Gasteiger partial charge in [-0.25, -0.2) is 0 Å². The standard InChI is InChI=1S/2C6H19NSi2.2C4H8O/c2*1-7(8(2)3)9(4,5)6;2*1-2-4-5-3-1/h2*8H,1-6H3;2*1-4H2. The highest BCUT2D eigenvalue weighted by Gasteiger charge is 2.22. The van der Waals surface area contributed by atoms with E-state index in [9.17, 15) is 0 Å². The first-order valence-electron chi connectivity index (χ1n) is 11.3. The second-order valence-corrected chi connectivity index (χ2v) is 27.4. The Morgan fingerprint density at radius 3 is 0.786 bits per heavy atom. The summed E-state index contributed by atoms with van der Waals surface area (Å²) < 4.78 is 15.2. The molecule has 4 nitrogen and oxygen atoms in total. The molecule has 172 valence electrons. The summed E-state index contributed by atoms with van der Waals surface area (Å²) in [6, 6.07) is 0. The average molecular weight is 467 g/mol. The molecule has 0 aromatic heterocycles. The fraction of sp³-hybridized carbons (Fsp3) is 1.00. The van der Waals surface area contributed by atoms with E-state index >= 15 is 0 Å². The maximum Gasteiger partial charge on any atom is 0.111 e. The van der Waals surface area contributed by atoms with Gasteiger partial charge in [-0.3, -0.25) is 0 Å². The first-order chi connectivity index (χ1) is 12.7. The molecular weight excluding hydrogens is 413 g/mol. The number of nitrogens with zero attached hydrogens (tertiary/aromatic N) is 2. The third kappa shape index (κ3) is 18.7. The zero-order valence-corrected chi connectivity index (χ0v) is 25.8. The number of ether oxygens (including phenoxy) is 2. The van der Waals surface area contributed by atoms with Crippen molar-refractivity contribution in [3.8, 4) is 0 Å². The zero-order valence-electron chi connectivity index (χ0n) is 21.5. The van der Waals surface area contributed by atoms with E-state index in [1.54, 1.807) is 0 Å². The minimum absolute atomic E-state index is 0.495. The summed E-state index contributed by atoms with van der Waals surface area (Å²) in [7, 11) is 1.72. The van der Waals surface area contributed by atoms with E-state index in [-0.39, 0.29) is 0 Å². The average Bonchev–Trinajstić information content (AvgIpc) is 3.29. The molecule has 28 heavy (non-hydrogen) atoms. The van der Waals surface area contributed by atoms with Crippen molar-refractivity contribution in [2.75, 3.05) is 40.5 Å². The molecule has 2 heterocycles. The van der Waals surface area contributed by atoms with Crippen molar-refractivity contribution in [2.24, 2.45) is 0 Å². The first-order valence-corrected chi connectivity index (χ1v) is 23.9. The van der Waals surface area contributed by atoms with Crippen molar-refractivity contribution in [3.05, 3.63) is 0 Å². The van der Waals surface area contributed by atoms with Crippen LogP contribution in [0.4, 0.5) is 0 Å². The van der Waals surface area contributed by atoms with Crippen LogP contribution in [0.1, 0.15) is 25.7 Å². The second kappa shape index (κ2) is 16.4. The lowest BCUT2D eigenvalue weighted by Crippen LogP contribution is -2.49. The van der Waals surface area contributed by atoms with Gasteiger partial charge in [0, 0.05) is 26.4 Å². The van der Waals surface area contributed by atoms with Gasteiger partial charge in [-0.2, -0.15) is 0 Å². The summed E-state index contributed by atoms with van der Waals surface area (Å²) in [6.45, 7) is 28.0. The summed E-state index contributed by atoms with van der Waals surface area (Å²) in [5.74, 6) is 0. The summed E-state index contributed by atoms with van der Waals surface area (Å²) in [5, 5.41) is 0. The van der Waals surface area contributed by atoms with Crippen molar-refractivity contribution >= 4 is 34.4 Å². The van der Waals surface area contributed by atoms with E-state index in [4.69, 9.17) is 9.47 Å². The molecule has 0 aliphatic carbocycles. The van der Waals surface area contributed by atoms with E-state index in [2.05, 4.69) is 88.0 Å². The van der Waals surface area contributed by atoms with Gasteiger partial charge in [0.2, 0.25) is 0 Å². The molecule has 0 N–H and O–H groups in total. The molecule has 0 radical (unpaired) electrons. The molecule has 0 unspecified atom stereocenters. The van der Waals surface area contributed by atoms with Crippen molar-refractivity contribution in [2.45, 2.75) is 91.2 Å². The molecule has 0 bridgehead atoms. The van der Waals surface area contributed by atoms with Gasteiger partial charge >= 0.3 is 0 Å². The fourth-order valence-electron chi connectivity index (χ4n) is 2.57. The van der Waals surface area contributed by atoms with Gasteiger partial charge in [-0.1, -0.05) is 65.5 Å². The molecular formula is C20H54N2O2Si4. The van der Waals surface area contributed by atoms with Crippen LogP contribution in [0.15, 0.2) is 0 Å². The first kappa shape index (κ1) is 30.9. The van der Waals surface area contributed by atoms with Gasteiger partial charge in [-0.05, 0) is 39.8 Å². The quantitative estimate of drug-likeness (QED) is 0.540. The van der Waals surface area contributed by atoms with Gasteiger partial charge < -0.3 is 17.9 Å². The highest BCUT2D eigenvalue weighted by atomic mass is 28.4. The lowest BCUT2D eigenvalue weighted by atomic mass is 10.4. The van der Waals surface area contributed by atoms with Crippen LogP contribution in [0.5, 0.6) is 0 Å². The van der Waals surface area contributed by atoms with Gasteiger partial charge in [0.25, 0.3) is 0 Å². The highest BCUT2D eigenvalue weighted by molar-refractivity contribution is 6.82. The predicted molar refractivity (Wildman–Crippen MR) is 140 cm³/mol. The van der Waals surface area contributed by atoms with Crippen LogP contribution < -0.4 is 0 Å². The second-order valence-electron chi connectivity index (χ2n) is 10.4. The largest absolute Gasteiger partial charge is 0.381 e. The van der Waals surface area contributed by atoms with E-state index in [0.717, 1.165) is 26.4 Å². The predicted octanol–water partition coefficient (Wildman–Crippen LogP) is 5.07. The monoisotopic (exact) mass is 466 g/mol. The molecule has 0 aromatic carbocycles. The lowest BCUT2D eigenvalue weighted by Gasteiger charge is -2.33. The summed E-state index contributed by atoms with van der Waals surface area (Å²) >= 11 is 0. The molecule has 2 saturated heterocycles. The molecule has 2 rings (SSSR count). The van der Waals surface area contributed by atoms with Gasteiger partial charge in [0.15, 0.2) is 0 Å². The Bertz CT molecular complexity index is 302. The molecule has 0 aromatic rings. The van der Waals surface area contributed by atoms with Crippen molar-refractivity contribution in [1.29, 1.82) is 0 Å². The topological polar surface area (TPSA) is 24.9 Å². The smallest absolute Gasteiger partial charge is 0.111 e. The highest BCUT2D eigenvalue weighted by Crippen LogP contribution is 2.08. The Kier molecular flexibility index (Phi) is 18.1. The third-order valence-electron chi connectivity index (χ3n) is 5.32. The number of hydrogen-bond donors (Lipinski definition) is 0. The van der Waals surface area contributed by atoms with E-state index in [0.29, 0.717) is 0 Å². The Balaban J connectivity index is 0. The summed E-state index contributed by atoms with van der Waals surface area (Å²) in [6.07, 6.45) is 5.11. The van der Waals surface area contributed by atoms with Crippen LogP contribution in [-0.4, -0.2) is 83.4 Å². The van der Waals surface area contributed by atoms with Gasteiger partial charge in [-0.15, -0.1) is 0 Å². The summed E-state index contributed by atoms with van der Waals surface area (Å²) in [5.41, 5.74) is 0. The molecule has 2 aliphatic rings. The molecule has 0 spiro atoms. The number of rotatable bonds is 4. The minimum atomic E-state index is -0.929. The van der Waals surface area contributed by atoms with Crippen molar-refractivity contribution in [3.63, 3.8) is 0 Å². The molecule has 0 amide bonds. The third-order valence-corrected chi connectivity index (χ3v) is 20.4. The molecule has 2 fully saturated rings. The van der Waals surface area contributed by atoms with Crippen molar-refractivity contribution in [1.82, 2.24) is 8.46 Å². The van der Waals surface area contributed by atoms with Crippen LogP contribution >= 0.6 is 0 Å². The van der Waals surface area contributed by atoms with Crippen molar-refractivity contribution < 1.29 is 9.47 Å². The lowest BCUT2D eigenvalue weighted by molar-refractivity contribution is 0.198. The maximum atomic E-state index is 4.94. The van der Waals surface area contributed by atoms with Crippen LogP contribution in [0.2, 0.25) is 65.5 Å². The summed E-state index contributed by atoms with van der Waals surface area (Å²) in [4.78, 5) is 0. The van der Waals surface area contributed by atoms with Crippen LogP contribution in [-0.2, 0) is 9.47 Å². The van der Waals surface area contributed by atoms with Gasteiger partial charge in [0.1, 0.15) is 16.5 Å². The Morgan fingerprint density at radius 2 is 0.750 bits per heavy atom. The van der Waals surface area contributed by atoms with Crippen LogP contribution in [0, 0.1) is 0 Å². The minimum Gasteiger partial charge on any atom is -0.381 e. The SMILES string of the molecule is C1CCOC1.C1CCOC1.CN([SiH](C)C)[Si](C)(C)C.CN([SiH](C)C)[Si](C)(C)C. The van der Waals surface area contributed by atoms with Crippen LogP contribution in [0.3, 0.4) is 0 Å². The molecule has 8 heteroatoms. The molecule has 2 aliphatic heterocycles. The van der Waals surface area contributed by atoms with E-state index in [1.807, 2.05) is 0 Å². The van der Waals surface area contributed by atoms with Crippen LogP contribution in [0.25, 0.3) is 0 Å². The fourth-order valence-corrected chi connectivity index (χ4v) is 15.0.